The van der Waals surface area contributed by atoms with Crippen molar-refractivity contribution >= 4 is 17.6 Å². The van der Waals surface area contributed by atoms with Gasteiger partial charge in [0.25, 0.3) is 5.91 Å². The molecule has 5 heteroatoms. The quantitative estimate of drug-likeness (QED) is 0.878. The van der Waals surface area contributed by atoms with Crippen molar-refractivity contribution in [3.8, 4) is 0 Å². The average Bonchev–Trinajstić information content (AvgIpc) is 3.24. The van der Waals surface area contributed by atoms with Gasteiger partial charge in [0, 0.05) is 17.9 Å². The molecule has 3 rings (SSSR count). The minimum absolute atomic E-state index is 0.141. The Bertz CT molecular complexity index is 669. The van der Waals surface area contributed by atoms with E-state index in [1.54, 1.807) is 24.3 Å². The number of aromatic nitrogens is 1. The minimum Gasteiger partial charge on any atom is -0.465 e. The van der Waals surface area contributed by atoms with Gasteiger partial charge in [-0.25, -0.2) is 4.79 Å². The van der Waals surface area contributed by atoms with E-state index in [2.05, 4.69) is 10.1 Å². The molecule has 21 heavy (non-hydrogen) atoms. The van der Waals surface area contributed by atoms with Crippen LogP contribution >= 0.6 is 0 Å². The first kappa shape index (κ1) is 13.4. The lowest BCUT2D eigenvalue weighted by Gasteiger charge is -2.09. The number of carbonyl (C=O) groups excluding carboxylic acids is 2. The SMILES string of the molecule is COC(=O)c1ccc(NC(=O)c2cccn2C2CC2)cc1. The van der Waals surface area contributed by atoms with Crippen LogP contribution in [0.4, 0.5) is 5.69 Å². The van der Waals surface area contributed by atoms with Gasteiger partial charge < -0.3 is 14.6 Å². The molecule has 0 unspecified atom stereocenters. The van der Waals surface area contributed by atoms with Crippen LogP contribution in [0.25, 0.3) is 0 Å². The Morgan fingerprint density at radius 1 is 1.19 bits per heavy atom. The summed E-state index contributed by atoms with van der Waals surface area (Å²) in [6.45, 7) is 0. The van der Waals surface area contributed by atoms with E-state index in [0.717, 1.165) is 12.8 Å². The van der Waals surface area contributed by atoms with Crippen LogP contribution < -0.4 is 5.32 Å². The third kappa shape index (κ3) is 2.81. The predicted molar refractivity (Wildman–Crippen MR) is 78.4 cm³/mol. The van der Waals surface area contributed by atoms with Gasteiger partial charge in [-0.1, -0.05) is 0 Å². The molecule has 1 heterocycles. The first-order valence-corrected chi connectivity index (χ1v) is 6.85. The van der Waals surface area contributed by atoms with E-state index >= 15 is 0 Å². The summed E-state index contributed by atoms with van der Waals surface area (Å²) in [7, 11) is 1.34. The van der Waals surface area contributed by atoms with Crippen molar-refractivity contribution < 1.29 is 14.3 Å². The summed E-state index contributed by atoms with van der Waals surface area (Å²) in [4.78, 5) is 23.6. The van der Waals surface area contributed by atoms with Crippen molar-refractivity contribution in [1.82, 2.24) is 4.57 Å². The number of methoxy groups -OCH3 is 1. The van der Waals surface area contributed by atoms with Crippen LogP contribution in [0.3, 0.4) is 0 Å². The number of nitrogens with zero attached hydrogens (tertiary/aromatic N) is 1. The van der Waals surface area contributed by atoms with E-state index in [9.17, 15) is 9.59 Å². The van der Waals surface area contributed by atoms with Gasteiger partial charge in [0.05, 0.1) is 12.7 Å². The van der Waals surface area contributed by atoms with Gasteiger partial charge in [-0.15, -0.1) is 0 Å². The molecule has 1 aliphatic carbocycles. The molecule has 1 fully saturated rings. The molecule has 1 aliphatic rings. The first-order chi connectivity index (χ1) is 10.2. The van der Waals surface area contributed by atoms with E-state index < -0.39 is 5.97 Å². The minimum atomic E-state index is -0.393. The normalized spacial score (nSPS) is 13.8. The lowest BCUT2D eigenvalue weighted by atomic mass is 10.2. The Hall–Kier alpha value is -2.56. The monoisotopic (exact) mass is 284 g/mol. The summed E-state index contributed by atoms with van der Waals surface area (Å²) in [5.74, 6) is -0.534. The number of esters is 1. The van der Waals surface area contributed by atoms with Gasteiger partial charge in [-0.3, -0.25) is 4.79 Å². The molecule has 1 N–H and O–H groups in total. The van der Waals surface area contributed by atoms with Gasteiger partial charge in [0.15, 0.2) is 0 Å². The molecule has 0 aliphatic heterocycles. The van der Waals surface area contributed by atoms with E-state index in [-0.39, 0.29) is 5.91 Å². The lowest BCUT2D eigenvalue weighted by Crippen LogP contribution is -2.16. The Balaban J connectivity index is 1.72. The Kier molecular flexibility index (Phi) is 3.48. The van der Waals surface area contributed by atoms with Gasteiger partial charge in [-0.2, -0.15) is 0 Å². The highest BCUT2D eigenvalue weighted by atomic mass is 16.5. The van der Waals surface area contributed by atoms with Gasteiger partial charge in [-0.05, 0) is 49.2 Å². The fourth-order valence-corrected chi connectivity index (χ4v) is 2.26. The molecule has 1 amide bonds. The molecule has 0 bridgehead atoms. The predicted octanol–water partition coefficient (Wildman–Crippen LogP) is 2.86. The van der Waals surface area contributed by atoms with Crippen LogP contribution in [0.1, 0.15) is 39.7 Å². The van der Waals surface area contributed by atoms with E-state index in [1.165, 1.54) is 7.11 Å². The molecule has 2 aromatic rings. The maximum absolute atomic E-state index is 12.3. The third-order valence-electron chi connectivity index (χ3n) is 3.52. The second-order valence-electron chi connectivity index (χ2n) is 5.05. The molecule has 1 saturated carbocycles. The van der Waals surface area contributed by atoms with Crippen molar-refractivity contribution in [2.75, 3.05) is 12.4 Å². The maximum atomic E-state index is 12.3. The van der Waals surface area contributed by atoms with Crippen LogP contribution in [0.2, 0.25) is 0 Å². The summed E-state index contributed by atoms with van der Waals surface area (Å²) < 4.78 is 6.65. The number of anilines is 1. The van der Waals surface area contributed by atoms with E-state index in [0.29, 0.717) is 23.0 Å². The van der Waals surface area contributed by atoms with Crippen molar-refractivity contribution in [1.29, 1.82) is 0 Å². The molecule has 0 radical (unpaired) electrons. The molecule has 0 saturated heterocycles. The van der Waals surface area contributed by atoms with Crippen molar-refractivity contribution in [2.45, 2.75) is 18.9 Å². The number of hydrogen-bond acceptors (Lipinski definition) is 3. The zero-order valence-corrected chi connectivity index (χ0v) is 11.7. The summed E-state index contributed by atoms with van der Waals surface area (Å²) in [5, 5.41) is 2.84. The van der Waals surface area contributed by atoms with Crippen molar-refractivity contribution in [3.05, 3.63) is 53.9 Å². The maximum Gasteiger partial charge on any atom is 0.337 e. The van der Waals surface area contributed by atoms with Crippen LogP contribution in [-0.2, 0) is 4.74 Å². The van der Waals surface area contributed by atoms with Crippen LogP contribution in [0.5, 0.6) is 0 Å². The summed E-state index contributed by atoms with van der Waals surface area (Å²) in [6, 6.07) is 10.8. The molecule has 0 spiro atoms. The molecule has 0 atom stereocenters. The fourth-order valence-electron chi connectivity index (χ4n) is 2.26. The summed E-state index contributed by atoms with van der Waals surface area (Å²) in [6.07, 6.45) is 4.19. The van der Waals surface area contributed by atoms with E-state index in [4.69, 9.17) is 0 Å². The Morgan fingerprint density at radius 2 is 1.90 bits per heavy atom. The highest BCUT2D eigenvalue weighted by Crippen LogP contribution is 2.36. The average molecular weight is 284 g/mol. The molecule has 5 nitrogen and oxygen atoms in total. The third-order valence-corrected chi connectivity index (χ3v) is 3.52. The highest BCUT2D eigenvalue weighted by Gasteiger charge is 2.26. The van der Waals surface area contributed by atoms with Crippen LogP contribution in [-0.4, -0.2) is 23.6 Å². The zero-order valence-electron chi connectivity index (χ0n) is 11.7. The number of nitrogens with one attached hydrogen (secondary N) is 1. The largest absolute Gasteiger partial charge is 0.465 e. The molecular weight excluding hydrogens is 268 g/mol. The van der Waals surface area contributed by atoms with E-state index in [1.807, 2.05) is 22.9 Å². The van der Waals surface area contributed by atoms with Gasteiger partial charge in [0.1, 0.15) is 5.69 Å². The molecular formula is C16H16N2O3. The number of hydrogen-bond donors (Lipinski definition) is 1. The summed E-state index contributed by atoms with van der Waals surface area (Å²) >= 11 is 0. The number of carbonyl (C=O) groups is 2. The molecule has 108 valence electrons. The zero-order chi connectivity index (χ0) is 14.8. The van der Waals surface area contributed by atoms with Gasteiger partial charge in [0.2, 0.25) is 0 Å². The molecule has 1 aromatic carbocycles. The highest BCUT2D eigenvalue weighted by molar-refractivity contribution is 6.03. The van der Waals surface area contributed by atoms with Gasteiger partial charge >= 0.3 is 5.97 Å². The standard InChI is InChI=1S/C16H16N2O3/c1-21-16(20)11-4-6-12(7-5-11)17-15(19)14-3-2-10-18(14)13-8-9-13/h2-7,10,13H,8-9H2,1H3,(H,17,19). The van der Waals surface area contributed by atoms with Crippen molar-refractivity contribution in [3.63, 3.8) is 0 Å². The lowest BCUT2D eigenvalue weighted by molar-refractivity contribution is 0.0600. The Morgan fingerprint density at radius 3 is 2.52 bits per heavy atom. The van der Waals surface area contributed by atoms with Crippen LogP contribution in [0, 0.1) is 0 Å². The topological polar surface area (TPSA) is 60.3 Å². The second kappa shape index (κ2) is 5.44. The number of ether oxygens (including phenoxy) is 1. The van der Waals surface area contributed by atoms with Crippen LogP contribution in [0.15, 0.2) is 42.6 Å². The molecule has 1 aromatic heterocycles. The Labute approximate surface area is 122 Å². The first-order valence-electron chi connectivity index (χ1n) is 6.85. The number of rotatable bonds is 4. The van der Waals surface area contributed by atoms with Crippen molar-refractivity contribution in [2.24, 2.45) is 0 Å². The summed E-state index contributed by atoms with van der Waals surface area (Å²) in [5.41, 5.74) is 1.77. The number of amides is 1. The number of benzene rings is 1. The second-order valence-corrected chi connectivity index (χ2v) is 5.05. The smallest absolute Gasteiger partial charge is 0.337 e. The fraction of sp³-hybridized carbons (Fsp3) is 0.250.